The van der Waals surface area contributed by atoms with Gasteiger partial charge in [-0.15, -0.1) is 0 Å². The molecule has 0 N–H and O–H groups in total. The number of hydrogen-bond donors (Lipinski definition) is 0. The van der Waals surface area contributed by atoms with E-state index in [-0.39, 0.29) is 5.69 Å². The highest BCUT2D eigenvalue weighted by atomic mass is 16.1. The molecule has 6 nitrogen and oxygen atoms in total. The van der Waals surface area contributed by atoms with Gasteiger partial charge in [0.15, 0.2) is 17.5 Å². The quantitative estimate of drug-likeness (QED) is 0.175. The Morgan fingerprint density at radius 1 is 0.380 bits per heavy atom. The van der Waals surface area contributed by atoms with Crippen molar-refractivity contribution in [3.05, 3.63) is 162 Å². The summed E-state index contributed by atoms with van der Waals surface area (Å²) in [5, 5.41) is 4.46. The Labute approximate surface area is 288 Å². The van der Waals surface area contributed by atoms with E-state index in [0.717, 1.165) is 60.4 Å². The van der Waals surface area contributed by atoms with Crippen LogP contribution in [0.3, 0.4) is 0 Å². The highest BCUT2D eigenvalue weighted by Gasteiger charge is 2.20. The molecule has 9 rings (SSSR count). The fourth-order valence-electron chi connectivity index (χ4n) is 7.12. The molecule has 0 saturated carbocycles. The van der Waals surface area contributed by atoms with Gasteiger partial charge in [0, 0.05) is 30.8 Å². The second-order valence-corrected chi connectivity index (χ2v) is 12.6. The lowest BCUT2D eigenvalue weighted by Gasteiger charge is -2.17. The monoisotopic (exact) mass is 645 g/mol. The van der Waals surface area contributed by atoms with E-state index in [9.17, 15) is 4.79 Å². The lowest BCUT2D eigenvalue weighted by atomic mass is 9.88. The van der Waals surface area contributed by atoms with E-state index < -0.39 is 0 Å². The standard InChI is InChI=1S/C44H31N5O/c1-48-37-26-25-32(27-38(37)49(2)44(48)50)28-21-23-31(24-22-28)42-45-41(30-15-7-4-8-16-30)46-43(47-42)40-35-19-11-9-17-33(35)39(29-13-5-3-6-14-29)34-18-10-12-20-36(34)40/h3-27H,1-2H3. The number of hydrogen-bond acceptors (Lipinski definition) is 4. The number of fused-ring (bicyclic) bond motifs is 3. The molecule has 0 saturated heterocycles. The van der Waals surface area contributed by atoms with E-state index in [4.69, 9.17) is 15.0 Å². The molecule has 0 aliphatic rings. The summed E-state index contributed by atoms with van der Waals surface area (Å²) in [7, 11) is 3.61. The summed E-state index contributed by atoms with van der Waals surface area (Å²) in [6.45, 7) is 0. The first-order valence-electron chi connectivity index (χ1n) is 16.6. The highest BCUT2D eigenvalue weighted by molar-refractivity contribution is 6.20. The number of nitrogens with zero attached hydrogens (tertiary/aromatic N) is 5. The Kier molecular flexibility index (Phi) is 6.95. The van der Waals surface area contributed by atoms with Crippen molar-refractivity contribution in [1.29, 1.82) is 0 Å². The van der Waals surface area contributed by atoms with Gasteiger partial charge in [0.25, 0.3) is 0 Å². The van der Waals surface area contributed by atoms with Gasteiger partial charge in [-0.1, -0.05) is 140 Å². The third-order valence-corrected chi connectivity index (χ3v) is 9.63. The van der Waals surface area contributed by atoms with E-state index in [1.165, 1.54) is 11.1 Å². The Morgan fingerprint density at radius 2 is 0.800 bits per heavy atom. The van der Waals surface area contributed by atoms with Crippen LogP contribution in [0.5, 0.6) is 0 Å². The zero-order chi connectivity index (χ0) is 33.8. The van der Waals surface area contributed by atoms with E-state index in [2.05, 4.69) is 115 Å². The molecule has 9 aromatic rings. The third kappa shape index (κ3) is 4.80. The van der Waals surface area contributed by atoms with Crippen molar-refractivity contribution in [2.45, 2.75) is 0 Å². The van der Waals surface area contributed by atoms with Crippen LogP contribution in [0.15, 0.2) is 156 Å². The summed E-state index contributed by atoms with van der Waals surface area (Å²) in [5.41, 5.74) is 8.98. The molecule has 0 bridgehead atoms. The van der Waals surface area contributed by atoms with E-state index in [0.29, 0.717) is 17.5 Å². The summed E-state index contributed by atoms with van der Waals surface area (Å²) in [5.74, 6) is 1.84. The Bertz CT molecular complexity index is 2730. The lowest BCUT2D eigenvalue weighted by Crippen LogP contribution is -2.19. The van der Waals surface area contributed by atoms with Crippen molar-refractivity contribution in [3.8, 4) is 56.4 Å². The first kappa shape index (κ1) is 29.5. The molecule has 238 valence electrons. The van der Waals surface area contributed by atoms with Crippen molar-refractivity contribution in [2.75, 3.05) is 0 Å². The van der Waals surface area contributed by atoms with Gasteiger partial charge in [-0.2, -0.15) is 0 Å². The molecule has 0 amide bonds. The molecule has 0 atom stereocenters. The second kappa shape index (κ2) is 11.8. The number of imidazole rings is 1. The fraction of sp³-hybridized carbons (Fsp3) is 0.0455. The number of aromatic nitrogens is 5. The zero-order valence-corrected chi connectivity index (χ0v) is 27.6. The van der Waals surface area contributed by atoms with E-state index in [1.54, 1.807) is 16.2 Å². The smallest absolute Gasteiger partial charge is 0.295 e. The van der Waals surface area contributed by atoms with Gasteiger partial charge in [0.05, 0.1) is 11.0 Å². The number of rotatable bonds is 5. The second-order valence-electron chi connectivity index (χ2n) is 12.6. The number of aryl methyl sites for hydroxylation is 2. The summed E-state index contributed by atoms with van der Waals surface area (Å²) < 4.78 is 3.36. The maximum absolute atomic E-state index is 12.5. The molecule has 6 heteroatoms. The molecule has 0 aliphatic heterocycles. The van der Waals surface area contributed by atoms with Gasteiger partial charge < -0.3 is 0 Å². The maximum atomic E-state index is 12.5. The normalized spacial score (nSPS) is 11.5. The van der Waals surface area contributed by atoms with Crippen LogP contribution in [0.25, 0.3) is 89.0 Å². The fourth-order valence-corrected chi connectivity index (χ4v) is 7.12. The van der Waals surface area contributed by atoms with Crippen LogP contribution in [0.2, 0.25) is 0 Å². The van der Waals surface area contributed by atoms with Crippen LogP contribution in [-0.4, -0.2) is 24.1 Å². The van der Waals surface area contributed by atoms with Gasteiger partial charge in [-0.25, -0.2) is 19.7 Å². The minimum atomic E-state index is -0.0392. The molecule has 0 fully saturated rings. The predicted molar refractivity (Wildman–Crippen MR) is 204 cm³/mol. The van der Waals surface area contributed by atoms with Crippen molar-refractivity contribution in [3.63, 3.8) is 0 Å². The minimum Gasteiger partial charge on any atom is -0.295 e. The minimum absolute atomic E-state index is 0.0392. The van der Waals surface area contributed by atoms with Gasteiger partial charge >= 0.3 is 5.69 Å². The maximum Gasteiger partial charge on any atom is 0.328 e. The topological polar surface area (TPSA) is 65.6 Å². The van der Waals surface area contributed by atoms with Gasteiger partial charge in [-0.05, 0) is 55.9 Å². The number of benzene rings is 7. The van der Waals surface area contributed by atoms with Crippen molar-refractivity contribution < 1.29 is 0 Å². The average Bonchev–Trinajstić information content (AvgIpc) is 3.40. The van der Waals surface area contributed by atoms with Crippen LogP contribution < -0.4 is 5.69 Å². The van der Waals surface area contributed by atoms with Crippen LogP contribution in [0.4, 0.5) is 0 Å². The van der Waals surface area contributed by atoms with Crippen molar-refractivity contribution in [1.82, 2.24) is 24.1 Å². The molecular formula is C44H31N5O. The van der Waals surface area contributed by atoms with E-state index >= 15 is 0 Å². The lowest BCUT2D eigenvalue weighted by molar-refractivity contribution is 0.795. The van der Waals surface area contributed by atoms with Crippen LogP contribution in [-0.2, 0) is 14.1 Å². The average molecular weight is 646 g/mol. The van der Waals surface area contributed by atoms with Gasteiger partial charge in [0.2, 0.25) is 0 Å². The molecule has 0 unspecified atom stereocenters. The Morgan fingerprint density at radius 3 is 1.38 bits per heavy atom. The van der Waals surface area contributed by atoms with E-state index in [1.807, 2.05) is 43.4 Å². The summed E-state index contributed by atoms with van der Waals surface area (Å²) in [4.78, 5) is 27.9. The zero-order valence-electron chi connectivity index (χ0n) is 27.6. The van der Waals surface area contributed by atoms with Gasteiger partial charge in [0.1, 0.15) is 0 Å². The molecule has 0 radical (unpaired) electrons. The molecule has 2 aromatic heterocycles. The summed E-state index contributed by atoms with van der Waals surface area (Å²) in [6.07, 6.45) is 0. The Hall–Kier alpha value is -6.66. The Balaban J connectivity index is 1.24. The first-order chi connectivity index (χ1) is 24.5. The summed E-state index contributed by atoms with van der Waals surface area (Å²) in [6, 6.07) is 52.2. The molecule has 0 aliphatic carbocycles. The molecular weight excluding hydrogens is 615 g/mol. The summed E-state index contributed by atoms with van der Waals surface area (Å²) >= 11 is 0. The van der Waals surface area contributed by atoms with Crippen LogP contribution in [0.1, 0.15) is 0 Å². The van der Waals surface area contributed by atoms with Gasteiger partial charge in [-0.3, -0.25) is 9.13 Å². The van der Waals surface area contributed by atoms with Crippen LogP contribution in [0, 0.1) is 0 Å². The predicted octanol–water partition coefficient (Wildman–Crippen LogP) is 9.70. The van der Waals surface area contributed by atoms with Crippen molar-refractivity contribution >= 4 is 32.6 Å². The molecule has 7 aromatic carbocycles. The molecule has 50 heavy (non-hydrogen) atoms. The highest BCUT2D eigenvalue weighted by Crippen LogP contribution is 2.43. The third-order valence-electron chi connectivity index (χ3n) is 9.63. The largest absolute Gasteiger partial charge is 0.328 e. The molecule has 0 spiro atoms. The van der Waals surface area contributed by atoms with Crippen LogP contribution >= 0.6 is 0 Å². The first-order valence-corrected chi connectivity index (χ1v) is 16.6. The molecule has 2 heterocycles. The SMILES string of the molecule is Cn1c(=O)n(C)c2cc(-c3ccc(-c4nc(-c5ccccc5)nc(-c5c6ccccc6c(-c6ccccc6)c6ccccc56)n4)cc3)ccc21. The van der Waals surface area contributed by atoms with Crippen molar-refractivity contribution in [2.24, 2.45) is 14.1 Å².